The van der Waals surface area contributed by atoms with Crippen molar-refractivity contribution in [1.82, 2.24) is 15.2 Å². The number of hydrogen-bond donors (Lipinski definition) is 1. The summed E-state index contributed by atoms with van der Waals surface area (Å²) in [5.41, 5.74) is 6.20. The molecule has 2 aliphatic carbocycles. The van der Waals surface area contributed by atoms with Crippen LogP contribution in [0, 0.1) is 11.3 Å². The second kappa shape index (κ2) is 8.77. The molecular formula is C28H34N4O. The smallest absolute Gasteiger partial charge is 0.247 e. The van der Waals surface area contributed by atoms with E-state index >= 15 is 0 Å². The highest BCUT2D eigenvalue weighted by molar-refractivity contribution is 5.96. The molecule has 2 fully saturated rings. The number of carbonyl (C=O) groups excluding carboxylic acids is 1. The van der Waals surface area contributed by atoms with Crippen LogP contribution in [-0.2, 0) is 4.79 Å². The Labute approximate surface area is 196 Å². The molecular weight excluding hydrogens is 408 g/mol. The van der Waals surface area contributed by atoms with Gasteiger partial charge in [-0.15, -0.1) is 0 Å². The number of allylic oxidation sites excluding steroid dienone is 4. The summed E-state index contributed by atoms with van der Waals surface area (Å²) < 4.78 is 0. The van der Waals surface area contributed by atoms with Crippen molar-refractivity contribution >= 4 is 17.7 Å². The molecule has 1 saturated heterocycles. The van der Waals surface area contributed by atoms with Crippen LogP contribution in [0.2, 0.25) is 0 Å². The van der Waals surface area contributed by atoms with Crippen molar-refractivity contribution in [2.75, 3.05) is 26.2 Å². The minimum Gasteiger partial charge on any atom is -0.370 e. The van der Waals surface area contributed by atoms with E-state index in [1.807, 2.05) is 6.08 Å². The molecule has 1 amide bonds. The Kier molecular flexibility index (Phi) is 5.81. The van der Waals surface area contributed by atoms with Gasteiger partial charge in [0.1, 0.15) is 0 Å². The lowest BCUT2D eigenvalue weighted by Crippen LogP contribution is -2.37. The number of pyridine rings is 1. The Bertz CT molecular complexity index is 1180. The van der Waals surface area contributed by atoms with Crippen LogP contribution >= 0.6 is 0 Å². The van der Waals surface area contributed by atoms with Gasteiger partial charge in [0.2, 0.25) is 5.91 Å². The van der Waals surface area contributed by atoms with Crippen LogP contribution in [0.5, 0.6) is 0 Å². The Balaban J connectivity index is 1.13. The maximum atomic E-state index is 12.7. The number of piperidine rings is 1. The molecule has 33 heavy (non-hydrogen) atoms. The van der Waals surface area contributed by atoms with Crippen molar-refractivity contribution in [3.05, 3.63) is 70.6 Å². The number of carbonyl (C=O) groups is 1. The normalized spacial score (nSPS) is 24.1. The molecule has 2 aliphatic heterocycles. The molecule has 0 bridgehead atoms. The molecule has 0 aromatic carbocycles. The molecule has 1 saturated carbocycles. The second-order valence-corrected chi connectivity index (χ2v) is 9.91. The third-order valence-electron chi connectivity index (χ3n) is 7.82. The third kappa shape index (κ3) is 4.33. The van der Waals surface area contributed by atoms with Crippen LogP contribution in [0.1, 0.15) is 51.1 Å². The van der Waals surface area contributed by atoms with E-state index in [0.29, 0.717) is 17.8 Å². The summed E-state index contributed by atoms with van der Waals surface area (Å²) in [5.74, 6) is 0.661. The molecule has 1 atom stereocenters. The van der Waals surface area contributed by atoms with Crippen LogP contribution in [0.4, 0.5) is 0 Å². The summed E-state index contributed by atoms with van der Waals surface area (Å²) in [4.78, 5) is 24.4. The van der Waals surface area contributed by atoms with E-state index in [9.17, 15) is 4.79 Å². The van der Waals surface area contributed by atoms with Gasteiger partial charge >= 0.3 is 0 Å². The van der Waals surface area contributed by atoms with Crippen molar-refractivity contribution in [2.24, 2.45) is 16.3 Å². The predicted molar refractivity (Wildman–Crippen MR) is 133 cm³/mol. The molecule has 1 aromatic heterocycles. The van der Waals surface area contributed by atoms with E-state index in [-0.39, 0.29) is 5.91 Å². The van der Waals surface area contributed by atoms with E-state index < -0.39 is 0 Å². The van der Waals surface area contributed by atoms with E-state index in [1.165, 1.54) is 6.42 Å². The van der Waals surface area contributed by atoms with Gasteiger partial charge in [0, 0.05) is 43.4 Å². The van der Waals surface area contributed by atoms with Crippen molar-refractivity contribution in [1.29, 1.82) is 0 Å². The second-order valence-electron chi connectivity index (χ2n) is 9.91. The number of rotatable bonds is 6. The molecule has 1 unspecified atom stereocenters. The summed E-state index contributed by atoms with van der Waals surface area (Å²) >= 11 is 0. The van der Waals surface area contributed by atoms with Crippen molar-refractivity contribution < 1.29 is 4.79 Å². The Morgan fingerprint density at radius 2 is 2.15 bits per heavy atom. The fourth-order valence-electron chi connectivity index (χ4n) is 5.58. The summed E-state index contributed by atoms with van der Waals surface area (Å²) in [6.45, 7) is 14.2. The summed E-state index contributed by atoms with van der Waals surface area (Å²) in [6, 6.07) is 4.19. The quantitative estimate of drug-likeness (QED) is 0.736. The summed E-state index contributed by atoms with van der Waals surface area (Å²) in [5, 5.41) is 4.33. The monoisotopic (exact) mass is 442 g/mol. The first kappa shape index (κ1) is 21.9. The highest BCUT2D eigenvalue weighted by Gasteiger charge is 2.54. The standard InChI is InChI=1S/C28H34N4O/c1-4-6-22-16-23(15-19(22)2)27(33)30-18-24-17-28(24)10-13-32(14-11-28)20(3)25-9-8-21-7-5-12-29-26(21)31-25/h6-9,16,24H,2-5,10-15,17-18H2,1H3,(H,30,33)/b22-6-. The van der Waals surface area contributed by atoms with Crippen molar-refractivity contribution in [3.8, 4) is 0 Å². The first-order valence-electron chi connectivity index (χ1n) is 12.3. The van der Waals surface area contributed by atoms with Crippen LogP contribution in [-0.4, -0.2) is 42.0 Å². The molecule has 5 rings (SSSR count). The Hall–Kier alpha value is -2.95. The molecule has 5 nitrogen and oxygen atoms in total. The maximum Gasteiger partial charge on any atom is 0.247 e. The fraction of sp³-hybridized carbons (Fsp3) is 0.464. The third-order valence-corrected chi connectivity index (χ3v) is 7.82. The lowest BCUT2D eigenvalue weighted by atomic mass is 9.90. The minimum atomic E-state index is 0.0738. The first-order valence-corrected chi connectivity index (χ1v) is 12.3. The number of fused-ring (bicyclic) bond motifs is 1. The van der Waals surface area contributed by atoms with E-state index in [0.717, 1.165) is 90.7 Å². The topological polar surface area (TPSA) is 57.6 Å². The fourth-order valence-corrected chi connectivity index (χ4v) is 5.58. The average molecular weight is 443 g/mol. The SMILES string of the molecule is C=C1CC(C(=O)NCC2CC23CCN(C(=C)c2ccc4c(n2)=NCCC=4)CC3)=C/C1=C/CC. The number of nitrogens with one attached hydrogen (secondary N) is 1. The number of amides is 1. The minimum absolute atomic E-state index is 0.0738. The number of likely N-dealkylation sites (tertiary alicyclic amines) is 1. The molecule has 1 aromatic rings. The summed E-state index contributed by atoms with van der Waals surface area (Å²) in [6.07, 6.45) is 12.5. The molecule has 5 heteroatoms. The molecule has 3 heterocycles. The molecule has 1 spiro atoms. The van der Waals surface area contributed by atoms with Gasteiger partial charge < -0.3 is 10.2 Å². The average Bonchev–Trinajstić information content (AvgIpc) is 3.38. The number of hydrogen-bond acceptors (Lipinski definition) is 4. The Morgan fingerprint density at radius 1 is 1.33 bits per heavy atom. The van der Waals surface area contributed by atoms with Gasteiger partial charge in [-0.3, -0.25) is 9.79 Å². The van der Waals surface area contributed by atoms with E-state index in [4.69, 9.17) is 4.98 Å². The van der Waals surface area contributed by atoms with E-state index in [1.54, 1.807) is 0 Å². The lowest BCUT2D eigenvalue weighted by molar-refractivity contribution is -0.117. The number of aromatic nitrogens is 1. The molecule has 4 aliphatic rings. The largest absolute Gasteiger partial charge is 0.370 e. The van der Waals surface area contributed by atoms with Gasteiger partial charge in [-0.1, -0.05) is 32.2 Å². The van der Waals surface area contributed by atoms with Gasteiger partial charge in [-0.25, -0.2) is 4.98 Å². The van der Waals surface area contributed by atoms with Crippen LogP contribution in [0.3, 0.4) is 0 Å². The van der Waals surface area contributed by atoms with Crippen molar-refractivity contribution in [3.63, 3.8) is 0 Å². The maximum absolute atomic E-state index is 12.7. The van der Waals surface area contributed by atoms with Crippen LogP contribution < -0.4 is 16.0 Å². The molecule has 1 N–H and O–H groups in total. The zero-order valence-electron chi connectivity index (χ0n) is 19.7. The van der Waals surface area contributed by atoms with Gasteiger partial charge in [-0.2, -0.15) is 0 Å². The Morgan fingerprint density at radius 3 is 2.94 bits per heavy atom. The van der Waals surface area contributed by atoms with Gasteiger partial charge in [0.25, 0.3) is 0 Å². The predicted octanol–water partition coefficient (Wildman–Crippen LogP) is 3.30. The zero-order chi connectivity index (χ0) is 23.0. The van der Waals surface area contributed by atoms with Crippen LogP contribution in [0.15, 0.2) is 59.2 Å². The number of nitrogens with zero attached hydrogens (tertiary/aromatic N) is 3. The van der Waals surface area contributed by atoms with Gasteiger partial charge in [0.05, 0.1) is 11.4 Å². The molecule has 172 valence electrons. The van der Waals surface area contributed by atoms with Gasteiger partial charge in [-0.05, 0) is 72.8 Å². The summed E-state index contributed by atoms with van der Waals surface area (Å²) in [7, 11) is 0. The molecule has 0 radical (unpaired) electrons. The zero-order valence-corrected chi connectivity index (χ0v) is 19.7. The first-order chi connectivity index (χ1) is 16.0. The van der Waals surface area contributed by atoms with Gasteiger partial charge in [0.15, 0.2) is 5.49 Å². The highest BCUT2D eigenvalue weighted by Crippen LogP contribution is 2.59. The van der Waals surface area contributed by atoms with Crippen LogP contribution in [0.25, 0.3) is 11.8 Å². The highest BCUT2D eigenvalue weighted by atomic mass is 16.1. The lowest BCUT2D eigenvalue weighted by Gasteiger charge is -2.35. The van der Waals surface area contributed by atoms with E-state index in [2.05, 4.69) is 59.6 Å². The van der Waals surface area contributed by atoms with Crippen molar-refractivity contribution in [2.45, 2.75) is 45.4 Å².